The summed E-state index contributed by atoms with van der Waals surface area (Å²) in [6.45, 7) is 1.89. The van der Waals surface area contributed by atoms with E-state index in [0.717, 1.165) is 0 Å². The lowest BCUT2D eigenvalue weighted by Crippen LogP contribution is -2.41. The van der Waals surface area contributed by atoms with Gasteiger partial charge in [-0.2, -0.15) is 0 Å². The van der Waals surface area contributed by atoms with Crippen LogP contribution in [-0.4, -0.2) is 40.6 Å². The van der Waals surface area contributed by atoms with Gasteiger partial charge in [0.15, 0.2) is 0 Å². The Morgan fingerprint density at radius 3 is 2.76 bits per heavy atom. The van der Waals surface area contributed by atoms with Crippen LogP contribution in [0.5, 0.6) is 0 Å². The zero-order valence-electron chi connectivity index (χ0n) is 11.3. The van der Waals surface area contributed by atoms with Crippen molar-refractivity contribution in [1.82, 2.24) is 10.3 Å². The normalized spacial score (nSPS) is 11.5. The molecule has 1 aromatic heterocycles. The van der Waals surface area contributed by atoms with Crippen molar-refractivity contribution in [1.29, 1.82) is 0 Å². The Balaban J connectivity index is 2.64. The standard InChI is InChI=1S/C13H15BrN2O5/c1-2-21-11(17)4-3-9(13(19)20)16-12(18)8-5-6-15-10(14)7-8/h5-7,9H,2-4H2,1H3,(H,16,18)(H,19,20)/t9-/m0/s1. The number of nitrogens with zero attached hydrogens (tertiary/aromatic N) is 1. The van der Waals surface area contributed by atoms with Gasteiger partial charge in [-0.1, -0.05) is 0 Å². The first-order valence-electron chi connectivity index (χ1n) is 6.25. The summed E-state index contributed by atoms with van der Waals surface area (Å²) in [5.74, 6) is -2.25. The van der Waals surface area contributed by atoms with Crippen LogP contribution in [0.3, 0.4) is 0 Å². The van der Waals surface area contributed by atoms with Gasteiger partial charge in [-0.25, -0.2) is 9.78 Å². The molecule has 0 bridgehead atoms. The number of hydrogen-bond acceptors (Lipinski definition) is 5. The molecule has 114 valence electrons. The molecule has 0 aliphatic rings. The maximum Gasteiger partial charge on any atom is 0.326 e. The second-order valence-corrected chi connectivity index (χ2v) is 4.89. The Hall–Kier alpha value is -1.96. The molecule has 0 radical (unpaired) electrons. The van der Waals surface area contributed by atoms with Crippen molar-refractivity contribution in [3.8, 4) is 0 Å². The molecule has 0 aromatic carbocycles. The minimum absolute atomic E-state index is 0.0356. The summed E-state index contributed by atoms with van der Waals surface area (Å²) in [5, 5.41) is 11.4. The fraction of sp³-hybridized carbons (Fsp3) is 0.385. The van der Waals surface area contributed by atoms with Gasteiger partial charge in [0, 0.05) is 18.2 Å². The summed E-state index contributed by atoms with van der Waals surface area (Å²) in [6, 6.07) is 1.78. The summed E-state index contributed by atoms with van der Waals surface area (Å²) in [5.41, 5.74) is 0.277. The van der Waals surface area contributed by atoms with Crippen LogP contribution >= 0.6 is 15.9 Å². The summed E-state index contributed by atoms with van der Waals surface area (Å²) in [4.78, 5) is 38.2. The zero-order valence-corrected chi connectivity index (χ0v) is 12.9. The summed E-state index contributed by atoms with van der Waals surface area (Å²) < 4.78 is 5.18. The number of esters is 1. The van der Waals surface area contributed by atoms with Crippen LogP contribution in [0.15, 0.2) is 22.9 Å². The average Bonchev–Trinajstić information content (AvgIpc) is 2.43. The number of amides is 1. The van der Waals surface area contributed by atoms with Gasteiger partial charge in [0.25, 0.3) is 5.91 Å². The number of carbonyl (C=O) groups excluding carboxylic acids is 2. The van der Waals surface area contributed by atoms with Crippen molar-refractivity contribution in [3.05, 3.63) is 28.5 Å². The van der Waals surface area contributed by atoms with E-state index in [4.69, 9.17) is 9.84 Å². The molecule has 0 saturated carbocycles. The molecule has 0 aliphatic carbocycles. The molecule has 1 rings (SSSR count). The minimum atomic E-state index is -1.21. The van der Waals surface area contributed by atoms with Crippen molar-refractivity contribution in [2.24, 2.45) is 0 Å². The third-order valence-corrected chi connectivity index (χ3v) is 2.97. The Kier molecular flexibility index (Phi) is 6.80. The molecule has 0 unspecified atom stereocenters. The summed E-state index contributed by atoms with van der Waals surface area (Å²) in [7, 11) is 0. The van der Waals surface area contributed by atoms with Gasteiger partial charge < -0.3 is 15.2 Å². The fourth-order valence-corrected chi connectivity index (χ4v) is 1.90. The quantitative estimate of drug-likeness (QED) is 0.563. The van der Waals surface area contributed by atoms with Gasteiger partial charge in [0.05, 0.1) is 6.61 Å². The van der Waals surface area contributed by atoms with E-state index < -0.39 is 23.9 Å². The fourth-order valence-electron chi connectivity index (χ4n) is 1.54. The first-order valence-corrected chi connectivity index (χ1v) is 7.04. The number of ether oxygens (including phenoxy) is 1. The smallest absolute Gasteiger partial charge is 0.326 e. The first kappa shape index (κ1) is 17.1. The van der Waals surface area contributed by atoms with E-state index in [1.165, 1.54) is 18.3 Å². The minimum Gasteiger partial charge on any atom is -0.480 e. The van der Waals surface area contributed by atoms with Crippen LogP contribution in [0, 0.1) is 0 Å². The monoisotopic (exact) mass is 358 g/mol. The van der Waals surface area contributed by atoms with Crippen molar-refractivity contribution in [2.45, 2.75) is 25.8 Å². The van der Waals surface area contributed by atoms with E-state index in [2.05, 4.69) is 26.2 Å². The van der Waals surface area contributed by atoms with Crippen LogP contribution in [0.1, 0.15) is 30.1 Å². The molecule has 1 heterocycles. The molecule has 0 fully saturated rings. The van der Waals surface area contributed by atoms with Gasteiger partial charge in [0.2, 0.25) is 0 Å². The highest BCUT2D eigenvalue weighted by Gasteiger charge is 2.22. The van der Waals surface area contributed by atoms with Crippen LogP contribution in [0.4, 0.5) is 0 Å². The van der Waals surface area contributed by atoms with Crippen LogP contribution in [-0.2, 0) is 14.3 Å². The number of pyridine rings is 1. The molecule has 1 aromatic rings. The average molecular weight is 359 g/mol. The molecular formula is C13H15BrN2O5. The number of nitrogens with one attached hydrogen (secondary N) is 1. The number of carbonyl (C=O) groups is 3. The van der Waals surface area contributed by atoms with Gasteiger partial charge >= 0.3 is 11.9 Å². The molecule has 0 spiro atoms. The molecule has 1 amide bonds. The third kappa shape index (κ3) is 5.90. The van der Waals surface area contributed by atoms with Crippen molar-refractivity contribution in [2.75, 3.05) is 6.61 Å². The lowest BCUT2D eigenvalue weighted by atomic mass is 10.1. The molecular weight excluding hydrogens is 344 g/mol. The van der Waals surface area contributed by atoms with E-state index >= 15 is 0 Å². The van der Waals surface area contributed by atoms with Crippen molar-refractivity contribution in [3.63, 3.8) is 0 Å². The van der Waals surface area contributed by atoms with Crippen LogP contribution in [0.2, 0.25) is 0 Å². The van der Waals surface area contributed by atoms with Crippen LogP contribution in [0.25, 0.3) is 0 Å². The lowest BCUT2D eigenvalue weighted by Gasteiger charge is -2.14. The SMILES string of the molecule is CCOC(=O)CC[C@H](NC(=O)c1ccnc(Br)c1)C(=O)O. The van der Waals surface area contributed by atoms with Crippen molar-refractivity contribution < 1.29 is 24.2 Å². The Morgan fingerprint density at radius 2 is 2.19 bits per heavy atom. The third-order valence-electron chi connectivity index (χ3n) is 2.53. The second kappa shape index (κ2) is 8.35. The number of carboxylic acids is 1. The highest BCUT2D eigenvalue weighted by atomic mass is 79.9. The number of aromatic nitrogens is 1. The maximum atomic E-state index is 11.9. The number of hydrogen-bond donors (Lipinski definition) is 2. The van der Waals surface area contributed by atoms with Gasteiger partial charge in [-0.3, -0.25) is 9.59 Å². The van der Waals surface area contributed by atoms with Crippen LogP contribution < -0.4 is 5.32 Å². The van der Waals surface area contributed by atoms with E-state index in [9.17, 15) is 14.4 Å². The second-order valence-electron chi connectivity index (χ2n) is 4.08. The predicted molar refractivity (Wildman–Crippen MR) is 76.7 cm³/mol. The highest BCUT2D eigenvalue weighted by Crippen LogP contribution is 2.09. The summed E-state index contributed by atoms with van der Waals surface area (Å²) >= 11 is 3.12. The number of aliphatic carboxylic acids is 1. The molecule has 2 N–H and O–H groups in total. The largest absolute Gasteiger partial charge is 0.480 e. The van der Waals surface area contributed by atoms with E-state index in [-0.39, 0.29) is 25.0 Å². The topological polar surface area (TPSA) is 106 Å². The predicted octanol–water partition coefficient (Wildman–Crippen LogP) is 1.37. The molecule has 0 aliphatic heterocycles. The Bertz CT molecular complexity index is 535. The molecule has 21 heavy (non-hydrogen) atoms. The molecule has 1 atom stereocenters. The molecule has 8 heteroatoms. The maximum absolute atomic E-state index is 11.9. The van der Waals surface area contributed by atoms with Gasteiger partial charge in [-0.15, -0.1) is 0 Å². The van der Waals surface area contributed by atoms with Crippen molar-refractivity contribution >= 4 is 33.8 Å². The number of carboxylic acid groups (broad SMARTS) is 1. The van der Waals surface area contributed by atoms with Gasteiger partial charge in [0.1, 0.15) is 10.6 Å². The van der Waals surface area contributed by atoms with E-state index in [1.54, 1.807) is 6.92 Å². The number of rotatable bonds is 7. The Labute approximate surface area is 129 Å². The highest BCUT2D eigenvalue weighted by molar-refractivity contribution is 9.10. The van der Waals surface area contributed by atoms with Gasteiger partial charge in [-0.05, 0) is 41.4 Å². The molecule has 7 nitrogen and oxygen atoms in total. The van der Waals surface area contributed by atoms with E-state index in [0.29, 0.717) is 4.60 Å². The number of halogens is 1. The molecule has 0 saturated heterocycles. The Morgan fingerprint density at radius 1 is 1.48 bits per heavy atom. The lowest BCUT2D eigenvalue weighted by molar-refractivity contribution is -0.144. The summed E-state index contributed by atoms with van der Waals surface area (Å²) in [6.07, 6.45) is 1.31. The first-order chi connectivity index (χ1) is 9.93. The van der Waals surface area contributed by atoms with E-state index in [1.807, 2.05) is 0 Å². The zero-order chi connectivity index (χ0) is 15.8.